The van der Waals surface area contributed by atoms with Crippen molar-refractivity contribution in [2.45, 2.75) is 16.3 Å². The Balaban J connectivity index is 1.60. The highest BCUT2D eigenvalue weighted by atomic mass is 35.5. The molecule has 1 heterocycles. The smallest absolute Gasteiger partial charge is 0.259 e. The van der Waals surface area contributed by atoms with Crippen molar-refractivity contribution in [3.05, 3.63) is 117 Å². The summed E-state index contributed by atoms with van der Waals surface area (Å²) in [4.78, 5) is 29.2. The van der Waals surface area contributed by atoms with Gasteiger partial charge in [-0.3, -0.25) is 9.59 Å². The number of benzene rings is 4. The molecule has 0 radical (unpaired) electrons. The van der Waals surface area contributed by atoms with Gasteiger partial charge in [0.25, 0.3) is 11.8 Å². The molecule has 1 N–H and O–H groups in total. The molecule has 0 saturated heterocycles. The van der Waals surface area contributed by atoms with E-state index in [1.165, 1.54) is 4.90 Å². The molecule has 1 aliphatic heterocycles. The molecule has 5 rings (SSSR count). The fraction of sp³-hybridized carbons (Fsp3) is 0.0370. The van der Waals surface area contributed by atoms with E-state index in [1.807, 2.05) is 6.07 Å². The van der Waals surface area contributed by atoms with Gasteiger partial charge in [-0.15, -0.1) is 0 Å². The molecule has 0 saturated carbocycles. The molecule has 0 fully saturated rings. The minimum absolute atomic E-state index is 0.170. The molecule has 9 heteroatoms. The minimum Gasteiger partial charge on any atom is -0.321 e. The first-order valence-electron chi connectivity index (χ1n) is 10.8. The molecule has 0 aliphatic carbocycles. The number of carbonyl (C=O) groups excluding carboxylic acids is 2. The van der Waals surface area contributed by atoms with Crippen LogP contribution in [-0.2, 0) is 17.3 Å². The van der Waals surface area contributed by atoms with Gasteiger partial charge in [0.15, 0.2) is 0 Å². The van der Waals surface area contributed by atoms with Crippen molar-refractivity contribution in [3.8, 4) is 0 Å². The number of hydrogen-bond donors (Lipinski definition) is 1. The molecule has 1 aliphatic rings. The van der Waals surface area contributed by atoms with Crippen molar-refractivity contribution in [2.24, 2.45) is 0 Å². The molecule has 5 nitrogen and oxygen atoms in total. The van der Waals surface area contributed by atoms with Crippen LogP contribution in [0.15, 0.2) is 94.7 Å². The number of amides is 2. The average molecular weight is 556 g/mol. The van der Waals surface area contributed by atoms with Crippen molar-refractivity contribution in [3.63, 3.8) is 0 Å². The minimum atomic E-state index is -1.64. The second kappa shape index (κ2) is 10.1. The summed E-state index contributed by atoms with van der Waals surface area (Å²) in [6, 6.07) is 23.5. The monoisotopic (exact) mass is 554 g/mol. The van der Waals surface area contributed by atoms with Crippen LogP contribution in [0.1, 0.15) is 26.3 Å². The van der Waals surface area contributed by atoms with Gasteiger partial charge in [-0.1, -0.05) is 59.1 Å². The second-order valence-corrected chi connectivity index (χ2v) is 10.7. The Labute approximate surface area is 225 Å². The SMILES string of the molecule is O=C(Nc1cc(Cl)ccc1Cl)c1ccc2c(c1)N(Cc1cccc(Cl)c1)C(=O)c1ccccc1[S@]2=O. The number of carbonyl (C=O) groups is 2. The molecular weight excluding hydrogens is 539 g/mol. The van der Waals surface area contributed by atoms with Crippen LogP contribution >= 0.6 is 34.8 Å². The summed E-state index contributed by atoms with van der Waals surface area (Å²) >= 11 is 18.4. The quantitative estimate of drug-likeness (QED) is 0.289. The third-order valence-corrected chi connectivity index (χ3v) is 7.98. The van der Waals surface area contributed by atoms with Gasteiger partial charge >= 0.3 is 0 Å². The molecule has 180 valence electrons. The molecule has 0 aromatic heterocycles. The van der Waals surface area contributed by atoms with Crippen LogP contribution in [0, 0.1) is 0 Å². The van der Waals surface area contributed by atoms with E-state index in [0.29, 0.717) is 41.8 Å². The van der Waals surface area contributed by atoms with Crippen LogP contribution < -0.4 is 10.2 Å². The Bertz CT molecular complexity index is 1560. The van der Waals surface area contributed by atoms with Crippen LogP contribution in [0.2, 0.25) is 15.1 Å². The van der Waals surface area contributed by atoms with E-state index in [4.69, 9.17) is 34.8 Å². The molecule has 0 bridgehead atoms. The van der Waals surface area contributed by atoms with Crippen molar-refractivity contribution in [1.29, 1.82) is 0 Å². The molecule has 4 aromatic rings. The number of halogens is 3. The number of anilines is 2. The zero-order valence-corrected chi connectivity index (χ0v) is 21.6. The van der Waals surface area contributed by atoms with Gasteiger partial charge in [0.05, 0.1) is 49.1 Å². The van der Waals surface area contributed by atoms with Crippen molar-refractivity contribution in [2.75, 3.05) is 10.2 Å². The molecular formula is C27H17Cl3N2O3S. The number of rotatable bonds is 4. The summed E-state index contributed by atoms with van der Waals surface area (Å²) in [5, 5.41) is 4.03. The lowest BCUT2D eigenvalue weighted by Crippen LogP contribution is -2.30. The van der Waals surface area contributed by atoms with Crippen LogP contribution in [0.4, 0.5) is 11.4 Å². The first-order chi connectivity index (χ1) is 17.3. The van der Waals surface area contributed by atoms with E-state index in [1.54, 1.807) is 78.9 Å². The van der Waals surface area contributed by atoms with Crippen molar-refractivity contribution >= 4 is 68.8 Å². The van der Waals surface area contributed by atoms with Gasteiger partial charge in [0.1, 0.15) is 0 Å². The number of nitrogens with zero attached hydrogens (tertiary/aromatic N) is 1. The molecule has 2 amide bonds. The van der Waals surface area contributed by atoms with E-state index >= 15 is 0 Å². The lowest BCUT2D eigenvalue weighted by atomic mass is 10.1. The molecule has 36 heavy (non-hydrogen) atoms. The third-order valence-electron chi connectivity index (χ3n) is 5.68. The zero-order chi connectivity index (χ0) is 25.4. The first-order valence-corrected chi connectivity index (χ1v) is 13.1. The first kappa shape index (κ1) is 24.5. The van der Waals surface area contributed by atoms with Crippen LogP contribution in [-0.4, -0.2) is 16.0 Å². The van der Waals surface area contributed by atoms with E-state index in [2.05, 4.69) is 5.32 Å². The normalized spacial score (nSPS) is 14.6. The highest BCUT2D eigenvalue weighted by Gasteiger charge is 2.31. The fourth-order valence-corrected chi connectivity index (χ4v) is 5.86. The third kappa shape index (κ3) is 4.77. The highest BCUT2D eigenvalue weighted by molar-refractivity contribution is 7.85. The van der Waals surface area contributed by atoms with Gasteiger partial charge in [0.2, 0.25) is 0 Å². The topological polar surface area (TPSA) is 66.5 Å². The lowest BCUT2D eigenvalue weighted by Gasteiger charge is -2.24. The second-order valence-electron chi connectivity index (χ2n) is 8.05. The summed E-state index contributed by atoms with van der Waals surface area (Å²) in [5.74, 6) is -0.780. The number of fused-ring (bicyclic) bond motifs is 2. The summed E-state index contributed by atoms with van der Waals surface area (Å²) < 4.78 is 13.6. The molecule has 0 unspecified atom stereocenters. The number of nitrogens with one attached hydrogen (secondary N) is 1. The maximum atomic E-state index is 13.7. The molecule has 0 spiro atoms. The van der Waals surface area contributed by atoms with Gasteiger partial charge in [-0.2, -0.15) is 0 Å². The fourth-order valence-electron chi connectivity index (χ4n) is 3.97. The van der Waals surface area contributed by atoms with E-state index in [0.717, 1.165) is 5.56 Å². The van der Waals surface area contributed by atoms with Gasteiger partial charge in [-0.05, 0) is 66.2 Å². The largest absolute Gasteiger partial charge is 0.321 e. The molecule has 4 aromatic carbocycles. The van der Waals surface area contributed by atoms with E-state index in [9.17, 15) is 13.8 Å². The summed E-state index contributed by atoms with van der Waals surface area (Å²) in [5.41, 5.74) is 2.11. The van der Waals surface area contributed by atoms with Crippen LogP contribution in [0.3, 0.4) is 0 Å². The Hall–Kier alpha value is -3.16. The van der Waals surface area contributed by atoms with E-state index in [-0.39, 0.29) is 18.0 Å². The maximum absolute atomic E-state index is 13.7. The maximum Gasteiger partial charge on any atom is 0.259 e. The van der Waals surface area contributed by atoms with Crippen LogP contribution in [0.5, 0.6) is 0 Å². The summed E-state index contributed by atoms with van der Waals surface area (Å²) in [6.45, 7) is 0.170. The van der Waals surface area contributed by atoms with Crippen molar-refractivity contribution in [1.82, 2.24) is 0 Å². The van der Waals surface area contributed by atoms with Crippen molar-refractivity contribution < 1.29 is 13.8 Å². The summed E-state index contributed by atoms with van der Waals surface area (Å²) in [6.07, 6.45) is 0. The predicted octanol–water partition coefficient (Wildman–Crippen LogP) is 7.23. The standard InChI is InChI=1S/C27H17Cl3N2O3S/c28-18-5-3-4-16(12-18)15-32-23-13-17(26(33)31-22-14-19(29)9-10-21(22)30)8-11-25(23)36(35)24-7-2-1-6-20(24)27(32)34/h1-14H,15H2,(H,31,33)/t36-/m1/s1. The average Bonchev–Trinajstić information content (AvgIpc) is 2.95. The molecule has 1 atom stereocenters. The Morgan fingerprint density at radius 1 is 0.833 bits per heavy atom. The number of hydrogen-bond acceptors (Lipinski definition) is 3. The highest BCUT2D eigenvalue weighted by Crippen LogP contribution is 2.36. The van der Waals surface area contributed by atoms with Gasteiger partial charge in [-0.25, -0.2) is 4.21 Å². The Kier molecular flexibility index (Phi) is 6.86. The Morgan fingerprint density at radius 2 is 1.61 bits per heavy atom. The van der Waals surface area contributed by atoms with E-state index < -0.39 is 16.7 Å². The Morgan fingerprint density at radius 3 is 2.42 bits per heavy atom. The predicted molar refractivity (Wildman–Crippen MR) is 144 cm³/mol. The summed E-state index contributed by atoms with van der Waals surface area (Å²) in [7, 11) is -1.64. The lowest BCUT2D eigenvalue weighted by molar-refractivity contribution is 0.0979. The van der Waals surface area contributed by atoms with Gasteiger partial charge < -0.3 is 10.2 Å². The van der Waals surface area contributed by atoms with Gasteiger partial charge in [0, 0.05) is 15.6 Å². The zero-order valence-electron chi connectivity index (χ0n) is 18.5. The van der Waals surface area contributed by atoms with Crippen LogP contribution in [0.25, 0.3) is 0 Å².